The monoisotopic (exact) mass is 300 g/mol. The predicted octanol–water partition coefficient (Wildman–Crippen LogP) is 0.198. The zero-order valence-corrected chi connectivity index (χ0v) is 12.4. The second kappa shape index (κ2) is 5.92. The number of carbonyl (C=O) groups excluding carboxylic acids is 1. The van der Waals surface area contributed by atoms with Crippen LogP contribution in [0.3, 0.4) is 0 Å². The molecule has 0 saturated heterocycles. The Morgan fingerprint density at radius 1 is 1.32 bits per heavy atom. The van der Waals surface area contributed by atoms with Gasteiger partial charge in [0, 0.05) is 20.0 Å². The smallest absolute Gasteiger partial charge is 0.271 e. The molecule has 0 spiro atoms. The number of aromatic nitrogens is 4. The second-order valence-electron chi connectivity index (χ2n) is 4.84. The summed E-state index contributed by atoms with van der Waals surface area (Å²) in [7, 11) is 3.16. The van der Waals surface area contributed by atoms with Gasteiger partial charge in [-0.1, -0.05) is 0 Å². The molecule has 0 unspecified atom stereocenters. The van der Waals surface area contributed by atoms with E-state index in [1.54, 1.807) is 26.3 Å². The average molecular weight is 300 g/mol. The van der Waals surface area contributed by atoms with Crippen LogP contribution in [0.5, 0.6) is 5.88 Å². The summed E-state index contributed by atoms with van der Waals surface area (Å²) >= 11 is 0. The molecule has 3 heterocycles. The minimum Gasteiger partial charge on any atom is -0.481 e. The Bertz CT molecular complexity index is 674. The Morgan fingerprint density at radius 2 is 2.18 bits per heavy atom. The maximum atomic E-state index is 11.5. The summed E-state index contributed by atoms with van der Waals surface area (Å²) in [5.41, 5.74) is 2.26. The Kier molecular flexibility index (Phi) is 3.82. The van der Waals surface area contributed by atoms with Crippen molar-refractivity contribution in [1.82, 2.24) is 25.5 Å². The van der Waals surface area contributed by atoms with Crippen molar-refractivity contribution in [1.29, 1.82) is 0 Å². The largest absolute Gasteiger partial charge is 0.481 e. The highest BCUT2D eigenvalue weighted by atomic mass is 16.5. The first kappa shape index (κ1) is 14.2. The van der Waals surface area contributed by atoms with E-state index in [1.165, 1.54) is 6.33 Å². The van der Waals surface area contributed by atoms with Crippen molar-refractivity contribution < 1.29 is 9.53 Å². The molecule has 3 rings (SSSR count). The van der Waals surface area contributed by atoms with E-state index in [9.17, 15) is 4.79 Å². The average Bonchev–Trinajstić information content (AvgIpc) is 2.60. The van der Waals surface area contributed by atoms with E-state index >= 15 is 0 Å². The lowest BCUT2D eigenvalue weighted by Crippen LogP contribution is -2.32. The van der Waals surface area contributed by atoms with Gasteiger partial charge in [-0.05, 0) is 12.1 Å². The number of hydrogen-bond acceptors (Lipinski definition) is 7. The summed E-state index contributed by atoms with van der Waals surface area (Å²) in [6.07, 6.45) is 2.30. The zero-order valence-electron chi connectivity index (χ0n) is 12.4. The van der Waals surface area contributed by atoms with Crippen LogP contribution in [0.2, 0.25) is 0 Å². The molecule has 8 nitrogen and oxygen atoms in total. The van der Waals surface area contributed by atoms with Gasteiger partial charge in [0.05, 0.1) is 24.9 Å². The lowest BCUT2D eigenvalue weighted by atomic mass is 10.1. The quantitative estimate of drug-likeness (QED) is 0.865. The fourth-order valence-electron chi connectivity index (χ4n) is 2.43. The zero-order chi connectivity index (χ0) is 15.5. The SMILES string of the molecule is CNC(=O)c1ccc(N2CCc3ncnc(OC)c3C2)nn1. The molecule has 1 aliphatic heterocycles. The van der Waals surface area contributed by atoms with Gasteiger partial charge < -0.3 is 15.0 Å². The van der Waals surface area contributed by atoms with Gasteiger partial charge in [-0.25, -0.2) is 9.97 Å². The molecular weight excluding hydrogens is 284 g/mol. The van der Waals surface area contributed by atoms with Crippen LogP contribution in [0.1, 0.15) is 21.7 Å². The van der Waals surface area contributed by atoms with E-state index in [-0.39, 0.29) is 5.91 Å². The van der Waals surface area contributed by atoms with E-state index in [0.717, 1.165) is 24.2 Å². The normalized spacial score (nSPS) is 13.5. The van der Waals surface area contributed by atoms with Crippen molar-refractivity contribution in [2.45, 2.75) is 13.0 Å². The van der Waals surface area contributed by atoms with Gasteiger partial charge in [0.15, 0.2) is 11.5 Å². The molecular formula is C14H16N6O2. The van der Waals surface area contributed by atoms with E-state index in [1.807, 2.05) is 0 Å². The number of hydrogen-bond donors (Lipinski definition) is 1. The van der Waals surface area contributed by atoms with Gasteiger partial charge in [-0.15, -0.1) is 10.2 Å². The Morgan fingerprint density at radius 3 is 2.86 bits per heavy atom. The Balaban J connectivity index is 1.84. The maximum Gasteiger partial charge on any atom is 0.271 e. The molecule has 0 fully saturated rings. The van der Waals surface area contributed by atoms with E-state index in [2.05, 4.69) is 30.4 Å². The Hall–Kier alpha value is -2.77. The number of nitrogens with one attached hydrogen (secondary N) is 1. The van der Waals surface area contributed by atoms with E-state index in [4.69, 9.17) is 4.74 Å². The van der Waals surface area contributed by atoms with Gasteiger partial charge in [-0.2, -0.15) is 0 Å². The van der Waals surface area contributed by atoms with Crippen LogP contribution in [-0.2, 0) is 13.0 Å². The van der Waals surface area contributed by atoms with Crippen molar-refractivity contribution in [3.8, 4) is 5.88 Å². The molecule has 0 saturated carbocycles. The van der Waals surface area contributed by atoms with Crippen LogP contribution < -0.4 is 15.0 Å². The van der Waals surface area contributed by atoms with E-state index in [0.29, 0.717) is 23.9 Å². The number of ether oxygens (including phenoxy) is 1. The molecule has 1 amide bonds. The van der Waals surface area contributed by atoms with Crippen LogP contribution in [-0.4, -0.2) is 46.8 Å². The van der Waals surface area contributed by atoms with Crippen molar-refractivity contribution in [2.75, 3.05) is 25.6 Å². The van der Waals surface area contributed by atoms with Crippen molar-refractivity contribution in [3.63, 3.8) is 0 Å². The fraction of sp³-hybridized carbons (Fsp3) is 0.357. The van der Waals surface area contributed by atoms with Crippen LogP contribution in [0, 0.1) is 0 Å². The molecule has 114 valence electrons. The molecule has 2 aromatic heterocycles. The molecule has 0 radical (unpaired) electrons. The summed E-state index contributed by atoms with van der Waals surface area (Å²) in [4.78, 5) is 22.0. The molecule has 2 aromatic rings. The Labute approximate surface area is 127 Å². The van der Waals surface area contributed by atoms with Crippen LogP contribution in [0.25, 0.3) is 0 Å². The number of nitrogens with zero attached hydrogens (tertiary/aromatic N) is 5. The molecule has 22 heavy (non-hydrogen) atoms. The first-order valence-corrected chi connectivity index (χ1v) is 6.90. The number of fused-ring (bicyclic) bond motifs is 1. The highest BCUT2D eigenvalue weighted by molar-refractivity contribution is 5.91. The van der Waals surface area contributed by atoms with Crippen LogP contribution in [0.15, 0.2) is 18.5 Å². The summed E-state index contributed by atoms with van der Waals surface area (Å²) in [6, 6.07) is 3.45. The number of anilines is 1. The van der Waals surface area contributed by atoms with Gasteiger partial charge in [0.1, 0.15) is 6.33 Å². The van der Waals surface area contributed by atoms with E-state index < -0.39 is 0 Å². The summed E-state index contributed by atoms with van der Waals surface area (Å²) in [5, 5.41) is 10.6. The standard InChI is InChI=1S/C14H16N6O2/c1-15-13(21)11-3-4-12(19-18-11)20-6-5-10-9(7-20)14(22-2)17-8-16-10/h3-4,8H,5-7H2,1-2H3,(H,15,21). The lowest BCUT2D eigenvalue weighted by molar-refractivity contribution is 0.0957. The minimum atomic E-state index is -0.252. The molecule has 0 aromatic carbocycles. The first-order valence-electron chi connectivity index (χ1n) is 6.90. The highest BCUT2D eigenvalue weighted by Gasteiger charge is 2.23. The number of amides is 1. The molecule has 8 heteroatoms. The first-order chi connectivity index (χ1) is 10.7. The topological polar surface area (TPSA) is 93.1 Å². The minimum absolute atomic E-state index is 0.252. The predicted molar refractivity (Wildman–Crippen MR) is 78.8 cm³/mol. The van der Waals surface area contributed by atoms with Gasteiger partial charge in [0.25, 0.3) is 5.91 Å². The fourth-order valence-corrected chi connectivity index (χ4v) is 2.43. The van der Waals surface area contributed by atoms with Crippen molar-refractivity contribution >= 4 is 11.7 Å². The third-order valence-corrected chi connectivity index (χ3v) is 3.59. The van der Waals surface area contributed by atoms with Crippen molar-refractivity contribution in [3.05, 3.63) is 35.4 Å². The third-order valence-electron chi connectivity index (χ3n) is 3.59. The van der Waals surface area contributed by atoms with Crippen LogP contribution in [0.4, 0.5) is 5.82 Å². The van der Waals surface area contributed by atoms with Crippen molar-refractivity contribution in [2.24, 2.45) is 0 Å². The summed E-state index contributed by atoms with van der Waals surface area (Å²) in [6.45, 7) is 1.38. The molecule has 0 aliphatic carbocycles. The lowest BCUT2D eigenvalue weighted by Gasteiger charge is -2.29. The van der Waals surface area contributed by atoms with Gasteiger partial charge >= 0.3 is 0 Å². The number of carbonyl (C=O) groups is 1. The molecule has 0 atom stereocenters. The molecule has 1 aliphatic rings. The number of methoxy groups -OCH3 is 1. The number of rotatable bonds is 3. The highest BCUT2D eigenvalue weighted by Crippen LogP contribution is 2.26. The second-order valence-corrected chi connectivity index (χ2v) is 4.84. The molecule has 0 bridgehead atoms. The summed E-state index contributed by atoms with van der Waals surface area (Å²) in [5.74, 6) is 1.05. The van der Waals surface area contributed by atoms with Gasteiger partial charge in [0.2, 0.25) is 5.88 Å². The molecule has 1 N–H and O–H groups in total. The summed E-state index contributed by atoms with van der Waals surface area (Å²) < 4.78 is 5.30. The maximum absolute atomic E-state index is 11.5. The van der Waals surface area contributed by atoms with Crippen LogP contribution >= 0.6 is 0 Å². The van der Waals surface area contributed by atoms with Gasteiger partial charge in [-0.3, -0.25) is 4.79 Å². The third kappa shape index (κ3) is 2.54.